The number of nitrogens with zero attached hydrogens (tertiary/aromatic N) is 1. The number of carbonyl (C=O) groups is 1. The number of hydrogen-bond donors (Lipinski definition) is 0. The van der Waals surface area contributed by atoms with Gasteiger partial charge in [0.25, 0.3) is 0 Å². The van der Waals surface area contributed by atoms with Crippen LogP contribution in [0.25, 0.3) is 0 Å². The van der Waals surface area contributed by atoms with Crippen LogP contribution in [0.1, 0.15) is 36.0 Å². The van der Waals surface area contributed by atoms with Gasteiger partial charge in [0, 0.05) is 31.0 Å². The fourth-order valence-electron chi connectivity index (χ4n) is 3.78. The molecule has 0 spiro atoms. The van der Waals surface area contributed by atoms with Crippen LogP contribution in [0, 0.1) is 0 Å². The Labute approximate surface area is 182 Å². The molecule has 5 heteroatoms. The molecule has 1 aliphatic heterocycles. The van der Waals surface area contributed by atoms with Crippen molar-refractivity contribution in [2.75, 3.05) is 13.3 Å². The lowest BCUT2D eigenvalue weighted by atomic mass is 9.88. The van der Waals surface area contributed by atoms with E-state index in [0.29, 0.717) is 18.1 Å². The van der Waals surface area contributed by atoms with Gasteiger partial charge in [-0.2, -0.15) is 0 Å². The van der Waals surface area contributed by atoms with Crippen molar-refractivity contribution in [2.45, 2.75) is 25.8 Å². The fourth-order valence-corrected chi connectivity index (χ4v) is 3.91. The Hall–Kier alpha value is -2.98. The maximum Gasteiger partial charge on any atom is 0.231 e. The van der Waals surface area contributed by atoms with Crippen molar-refractivity contribution in [3.63, 3.8) is 0 Å². The Balaban J connectivity index is 1.55. The third-order valence-corrected chi connectivity index (χ3v) is 5.67. The van der Waals surface area contributed by atoms with Gasteiger partial charge in [0.05, 0.1) is 0 Å². The quantitative estimate of drug-likeness (QED) is 0.495. The van der Waals surface area contributed by atoms with E-state index in [-0.39, 0.29) is 18.6 Å². The molecule has 3 aromatic carbocycles. The molecule has 0 radical (unpaired) electrons. The summed E-state index contributed by atoms with van der Waals surface area (Å²) in [7, 11) is 0. The highest BCUT2D eigenvalue weighted by molar-refractivity contribution is 6.30. The van der Waals surface area contributed by atoms with Gasteiger partial charge < -0.3 is 14.4 Å². The average Bonchev–Trinajstić information content (AvgIpc) is 3.23. The van der Waals surface area contributed by atoms with Crippen molar-refractivity contribution in [3.8, 4) is 11.5 Å². The molecule has 0 N–H and O–H groups in total. The molecule has 3 aromatic rings. The predicted octanol–water partition coefficient (Wildman–Crippen LogP) is 5.64. The van der Waals surface area contributed by atoms with E-state index in [4.69, 9.17) is 21.1 Å². The average molecular weight is 422 g/mol. The van der Waals surface area contributed by atoms with Crippen LogP contribution in [0.5, 0.6) is 11.5 Å². The molecule has 1 heterocycles. The molecule has 0 aliphatic carbocycles. The van der Waals surface area contributed by atoms with Gasteiger partial charge >= 0.3 is 0 Å². The number of rotatable bonds is 7. The molecular formula is C25H24ClNO3. The highest BCUT2D eigenvalue weighted by atomic mass is 35.5. The standard InChI is InChI=1S/C25H24ClNO3/c1-18(28)27(16-19-7-10-22(26)11-8-19)14-13-23(20-5-3-2-4-6-20)21-9-12-24-25(15-21)30-17-29-24/h2-12,15,23H,13-14,16-17H2,1H3/t23-/m0/s1. The second-order valence-electron chi connectivity index (χ2n) is 7.43. The van der Waals surface area contributed by atoms with Crippen LogP contribution in [-0.2, 0) is 11.3 Å². The number of hydrogen-bond acceptors (Lipinski definition) is 3. The van der Waals surface area contributed by atoms with E-state index in [9.17, 15) is 4.79 Å². The number of carbonyl (C=O) groups excluding carboxylic acids is 1. The van der Waals surface area contributed by atoms with Crippen LogP contribution in [0.4, 0.5) is 0 Å². The third-order valence-electron chi connectivity index (χ3n) is 5.42. The zero-order valence-electron chi connectivity index (χ0n) is 16.9. The molecule has 0 fully saturated rings. The molecular weight excluding hydrogens is 398 g/mol. The number of amides is 1. The van der Waals surface area contributed by atoms with Crippen LogP contribution in [0.15, 0.2) is 72.8 Å². The predicted molar refractivity (Wildman–Crippen MR) is 118 cm³/mol. The van der Waals surface area contributed by atoms with E-state index in [1.807, 2.05) is 53.4 Å². The molecule has 1 aliphatic rings. The summed E-state index contributed by atoms with van der Waals surface area (Å²) >= 11 is 5.99. The van der Waals surface area contributed by atoms with Gasteiger partial charge in [-0.1, -0.05) is 60.1 Å². The van der Waals surface area contributed by atoms with Gasteiger partial charge in [-0.3, -0.25) is 4.79 Å². The van der Waals surface area contributed by atoms with E-state index >= 15 is 0 Å². The monoisotopic (exact) mass is 421 g/mol. The second-order valence-corrected chi connectivity index (χ2v) is 7.87. The normalized spacial score (nSPS) is 13.1. The first-order valence-corrected chi connectivity index (χ1v) is 10.4. The van der Waals surface area contributed by atoms with Gasteiger partial charge in [0.15, 0.2) is 11.5 Å². The van der Waals surface area contributed by atoms with Gasteiger partial charge in [-0.15, -0.1) is 0 Å². The zero-order chi connectivity index (χ0) is 20.9. The summed E-state index contributed by atoms with van der Waals surface area (Å²) in [6.07, 6.45) is 0.802. The van der Waals surface area contributed by atoms with E-state index in [0.717, 1.165) is 29.0 Å². The van der Waals surface area contributed by atoms with Crippen molar-refractivity contribution in [1.29, 1.82) is 0 Å². The second kappa shape index (κ2) is 9.23. The first kappa shape index (κ1) is 20.3. The number of ether oxygens (including phenoxy) is 2. The van der Waals surface area contributed by atoms with Crippen LogP contribution < -0.4 is 9.47 Å². The molecule has 0 saturated heterocycles. The molecule has 154 valence electrons. The Kier molecular flexibility index (Phi) is 6.24. The summed E-state index contributed by atoms with van der Waals surface area (Å²) in [6.45, 7) is 3.09. The summed E-state index contributed by atoms with van der Waals surface area (Å²) < 4.78 is 11.0. The van der Waals surface area contributed by atoms with Crippen molar-refractivity contribution >= 4 is 17.5 Å². The minimum Gasteiger partial charge on any atom is -0.454 e. The maximum absolute atomic E-state index is 12.3. The van der Waals surface area contributed by atoms with E-state index in [2.05, 4.69) is 24.3 Å². The van der Waals surface area contributed by atoms with E-state index in [1.54, 1.807) is 6.92 Å². The summed E-state index contributed by atoms with van der Waals surface area (Å²) in [5, 5.41) is 0.695. The van der Waals surface area contributed by atoms with Crippen molar-refractivity contribution in [2.24, 2.45) is 0 Å². The van der Waals surface area contributed by atoms with Crippen LogP contribution in [-0.4, -0.2) is 24.1 Å². The van der Waals surface area contributed by atoms with Gasteiger partial charge in [0.2, 0.25) is 12.7 Å². The molecule has 30 heavy (non-hydrogen) atoms. The molecule has 4 nitrogen and oxygen atoms in total. The Morgan fingerprint density at radius 3 is 2.43 bits per heavy atom. The lowest BCUT2D eigenvalue weighted by Gasteiger charge is -2.25. The van der Waals surface area contributed by atoms with Crippen LogP contribution in [0.2, 0.25) is 5.02 Å². The third kappa shape index (κ3) is 4.77. The van der Waals surface area contributed by atoms with Gasteiger partial charge in [0.1, 0.15) is 0 Å². The first-order chi connectivity index (χ1) is 14.6. The summed E-state index contributed by atoms with van der Waals surface area (Å²) in [5.41, 5.74) is 3.43. The van der Waals surface area contributed by atoms with Gasteiger partial charge in [-0.25, -0.2) is 0 Å². The lowest BCUT2D eigenvalue weighted by molar-refractivity contribution is -0.129. The van der Waals surface area contributed by atoms with Crippen molar-refractivity contribution in [3.05, 3.63) is 94.5 Å². The smallest absolute Gasteiger partial charge is 0.231 e. The highest BCUT2D eigenvalue weighted by Crippen LogP contribution is 2.37. The topological polar surface area (TPSA) is 38.8 Å². The lowest BCUT2D eigenvalue weighted by Crippen LogP contribution is -2.30. The molecule has 1 amide bonds. The summed E-state index contributed by atoms with van der Waals surface area (Å²) in [6, 6.07) is 24.1. The molecule has 0 aromatic heterocycles. The largest absolute Gasteiger partial charge is 0.454 e. The Morgan fingerprint density at radius 2 is 1.70 bits per heavy atom. The fraction of sp³-hybridized carbons (Fsp3) is 0.240. The number of benzene rings is 3. The maximum atomic E-state index is 12.3. The summed E-state index contributed by atoms with van der Waals surface area (Å²) in [5.74, 6) is 1.76. The molecule has 0 saturated carbocycles. The highest BCUT2D eigenvalue weighted by Gasteiger charge is 2.21. The minimum absolute atomic E-state index is 0.0578. The SMILES string of the molecule is CC(=O)N(CC[C@@H](c1ccccc1)c1ccc2c(c1)OCO2)Cc1ccc(Cl)cc1. The zero-order valence-corrected chi connectivity index (χ0v) is 17.6. The number of fused-ring (bicyclic) bond motifs is 1. The van der Waals surface area contributed by atoms with Crippen molar-refractivity contribution in [1.82, 2.24) is 4.90 Å². The Bertz CT molecular complexity index is 1000. The molecule has 0 bridgehead atoms. The first-order valence-electron chi connectivity index (χ1n) is 10.0. The van der Waals surface area contributed by atoms with Crippen molar-refractivity contribution < 1.29 is 14.3 Å². The van der Waals surface area contributed by atoms with Gasteiger partial charge in [-0.05, 0) is 47.4 Å². The molecule has 4 rings (SSSR count). The minimum atomic E-state index is 0.0578. The van der Waals surface area contributed by atoms with E-state index < -0.39 is 0 Å². The molecule has 0 unspecified atom stereocenters. The Morgan fingerprint density at radius 1 is 0.967 bits per heavy atom. The van der Waals surface area contributed by atoms with Crippen LogP contribution >= 0.6 is 11.6 Å². The number of halogens is 1. The van der Waals surface area contributed by atoms with E-state index in [1.165, 1.54) is 5.56 Å². The summed E-state index contributed by atoms with van der Waals surface area (Å²) in [4.78, 5) is 14.2. The molecule has 1 atom stereocenters. The van der Waals surface area contributed by atoms with Crippen LogP contribution in [0.3, 0.4) is 0 Å².